The first-order chi connectivity index (χ1) is 7.84. The lowest BCUT2D eigenvalue weighted by Crippen LogP contribution is -2.29. The Morgan fingerprint density at radius 2 is 1.56 bits per heavy atom. The van der Waals surface area contributed by atoms with Crippen LogP contribution >= 0.6 is 0 Å². The summed E-state index contributed by atoms with van der Waals surface area (Å²) >= 11 is 0. The van der Waals surface area contributed by atoms with Crippen LogP contribution < -0.4 is 0 Å². The normalized spacial score (nSPS) is 30.1. The van der Waals surface area contributed by atoms with Crippen LogP contribution in [0.25, 0.3) is 0 Å². The van der Waals surface area contributed by atoms with Gasteiger partial charge in [0.25, 0.3) is 0 Å². The third-order valence-electron chi connectivity index (χ3n) is 3.85. The van der Waals surface area contributed by atoms with Crippen molar-refractivity contribution in [2.45, 2.75) is 63.5 Å². The molecule has 1 heterocycles. The molecule has 0 spiro atoms. The van der Waals surface area contributed by atoms with Crippen molar-refractivity contribution in [3.8, 4) is 0 Å². The standard InChI is InChI=1S/C12H19N3O/c16-12-8-4-3-7-11(12)15-13-9-5-1-2-6-10(9)14-15/h11-12,16H,1-8H2. The van der Waals surface area contributed by atoms with Crippen LogP contribution in [0.3, 0.4) is 0 Å². The van der Waals surface area contributed by atoms with Crippen LogP contribution in [0.15, 0.2) is 0 Å². The maximum Gasteiger partial charge on any atom is 0.0974 e. The highest BCUT2D eigenvalue weighted by Crippen LogP contribution is 2.28. The van der Waals surface area contributed by atoms with Gasteiger partial charge < -0.3 is 5.11 Å². The maximum absolute atomic E-state index is 9.98. The predicted octanol–water partition coefficient (Wildman–Crippen LogP) is 1.63. The van der Waals surface area contributed by atoms with E-state index in [1.165, 1.54) is 30.7 Å². The van der Waals surface area contributed by atoms with Crippen LogP contribution in [0.1, 0.15) is 56.0 Å². The number of aromatic nitrogens is 3. The van der Waals surface area contributed by atoms with E-state index in [4.69, 9.17) is 0 Å². The van der Waals surface area contributed by atoms with Crippen LogP contribution in [0, 0.1) is 0 Å². The number of fused-ring (bicyclic) bond motifs is 1. The number of aliphatic hydroxyl groups excluding tert-OH is 1. The summed E-state index contributed by atoms with van der Waals surface area (Å²) in [5, 5.41) is 19.1. The smallest absolute Gasteiger partial charge is 0.0974 e. The van der Waals surface area contributed by atoms with Gasteiger partial charge in [-0.05, 0) is 38.5 Å². The molecule has 1 aromatic rings. The van der Waals surface area contributed by atoms with Gasteiger partial charge in [-0.15, -0.1) is 0 Å². The molecule has 4 heteroatoms. The molecule has 2 aliphatic carbocycles. The van der Waals surface area contributed by atoms with E-state index in [1.807, 2.05) is 0 Å². The van der Waals surface area contributed by atoms with E-state index in [-0.39, 0.29) is 12.1 Å². The van der Waals surface area contributed by atoms with Gasteiger partial charge in [-0.3, -0.25) is 0 Å². The molecule has 0 bridgehead atoms. The fraction of sp³-hybridized carbons (Fsp3) is 0.833. The summed E-state index contributed by atoms with van der Waals surface area (Å²) in [4.78, 5) is 1.81. The first kappa shape index (κ1) is 10.3. The number of nitrogens with zero attached hydrogens (tertiary/aromatic N) is 3. The molecule has 2 aliphatic rings. The Kier molecular flexibility index (Phi) is 2.67. The predicted molar refractivity (Wildman–Crippen MR) is 60.2 cm³/mol. The Morgan fingerprint density at radius 3 is 2.19 bits per heavy atom. The van der Waals surface area contributed by atoms with Gasteiger partial charge in [0.05, 0.1) is 23.5 Å². The second-order valence-corrected chi connectivity index (χ2v) is 5.04. The minimum absolute atomic E-state index is 0.124. The third kappa shape index (κ3) is 1.75. The Balaban J connectivity index is 1.85. The van der Waals surface area contributed by atoms with E-state index in [2.05, 4.69) is 10.2 Å². The number of aryl methyl sites for hydroxylation is 2. The molecule has 2 atom stereocenters. The number of hydrogen-bond acceptors (Lipinski definition) is 3. The summed E-state index contributed by atoms with van der Waals surface area (Å²) < 4.78 is 0. The molecule has 2 unspecified atom stereocenters. The molecule has 0 aliphatic heterocycles. The molecular weight excluding hydrogens is 202 g/mol. The molecule has 0 aromatic carbocycles. The molecule has 3 rings (SSSR count). The zero-order valence-corrected chi connectivity index (χ0v) is 9.60. The molecule has 1 N–H and O–H groups in total. The molecule has 0 amide bonds. The van der Waals surface area contributed by atoms with Gasteiger partial charge in [0, 0.05) is 0 Å². The average Bonchev–Trinajstić information content (AvgIpc) is 2.73. The highest BCUT2D eigenvalue weighted by Gasteiger charge is 2.27. The van der Waals surface area contributed by atoms with Gasteiger partial charge in [0.2, 0.25) is 0 Å². The topological polar surface area (TPSA) is 50.9 Å². The van der Waals surface area contributed by atoms with E-state index < -0.39 is 0 Å². The van der Waals surface area contributed by atoms with E-state index in [1.54, 1.807) is 4.80 Å². The van der Waals surface area contributed by atoms with Crippen molar-refractivity contribution in [3.05, 3.63) is 11.4 Å². The van der Waals surface area contributed by atoms with Crippen molar-refractivity contribution in [3.63, 3.8) is 0 Å². The van der Waals surface area contributed by atoms with Gasteiger partial charge in [0.15, 0.2) is 0 Å². The van der Waals surface area contributed by atoms with Gasteiger partial charge in [0.1, 0.15) is 0 Å². The van der Waals surface area contributed by atoms with Crippen molar-refractivity contribution in [1.82, 2.24) is 15.0 Å². The van der Waals surface area contributed by atoms with Crippen molar-refractivity contribution in [1.29, 1.82) is 0 Å². The molecule has 1 aromatic heterocycles. The van der Waals surface area contributed by atoms with Crippen molar-refractivity contribution >= 4 is 0 Å². The number of hydrogen-bond donors (Lipinski definition) is 1. The summed E-state index contributed by atoms with van der Waals surface area (Å²) in [7, 11) is 0. The summed E-state index contributed by atoms with van der Waals surface area (Å²) in [5.74, 6) is 0. The van der Waals surface area contributed by atoms with Gasteiger partial charge in [-0.2, -0.15) is 15.0 Å². The molecule has 88 valence electrons. The molecule has 16 heavy (non-hydrogen) atoms. The Hall–Kier alpha value is -0.900. The quantitative estimate of drug-likeness (QED) is 0.784. The van der Waals surface area contributed by atoms with Crippen LogP contribution in [0.4, 0.5) is 0 Å². The molecule has 0 radical (unpaired) electrons. The van der Waals surface area contributed by atoms with E-state index in [0.29, 0.717) is 0 Å². The maximum atomic E-state index is 9.98. The van der Waals surface area contributed by atoms with Gasteiger partial charge in [-0.1, -0.05) is 12.8 Å². The Bertz CT molecular complexity index is 351. The van der Waals surface area contributed by atoms with Crippen LogP contribution in [-0.4, -0.2) is 26.2 Å². The Morgan fingerprint density at radius 1 is 0.938 bits per heavy atom. The minimum atomic E-state index is -0.248. The van der Waals surface area contributed by atoms with Gasteiger partial charge >= 0.3 is 0 Å². The molecule has 1 saturated carbocycles. The molecule has 4 nitrogen and oxygen atoms in total. The summed E-state index contributed by atoms with van der Waals surface area (Å²) in [6.07, 6.45) is 8.61. The monoisotopic (exact) mass is 221 g/mol. The first-order valence-corrected chi connectivity index (χ1v) is 6.47. The van der Waals surface area contributed by atoms with Crippen molar-refractivity contribution in [2.24, 2.45) is 0 Å². The largest absolute Gasteiger partial charge is 0.391 e. The summed E-state index contributed by atoms with van der Waals surface area (Å²) in [5.41, 5.74) is 2.34. The van der Waals surface area contributed by atoms with E-state index >= 15 is 0 Å². The summed E-state index contributed by atoms with van der Waals surface area (Å²) in [6.45, 7) is 0. The highest BCUT2D eigenvalue weighted by molar-refractivity contribution is 5.12. The molecular formula is C12H19N3O. The fourth-order valence-corrected chi connectivity index (χ4v) is 2.87. The Labute approximate surface area is 95.7 Å². The van der Waals surface area contributed by atoms with Crippen molar-refractivity contribution in [2.75, 3.05) is 0 Å². The minimum Gasteiger partial charge on any atom is -0.391 e. The SMILES string of the molecule is OC1CCCCC1n1nc2c(n1)CCCC2. The third-order valence-corrected chi connectivity index (χ3v) is 3.85. The summed E-state index contributed by atoms with van der Waals surface area (Å²) in [6, 6.07) is 0.124. The lowest BCUT2D eigenvalue weighted by molar-refractivity contribution is 0.0619. The van der Waals surface area contributed by atoms with Crippen LogP contribution in [0.2, 0.25) is 0 Å². The van der Waals surface area contributed by atoms with E-state index in [9.17, 15) is 5.11 Å². The first-order valence-electron chi connectivity index (χ1n) is 6.47. The van der Waals surface area contributed by atoms with Crippen LogP contribution in [-0.2, 0) is 12.8 Å². The zero-order chi connectivity index (χ0) is 11.0. The lowest BCUT2D eigenvalue weighted by atomic mass is 9.93. The lowest BCUT2D eigenvalue weighted by Gasteiger charge is -2.26. The zero-order valence-electron chi connectivity index (χ0n) is 9.60. The van der Waals surface area contributed by atoms with E-state index in [0.717, 1.165) is 32.1 Å². The highest BCUT2D eigenvalue weighted by atomic mass is 16.3. The second-order valence-electron chi connectivity index (χ2n) is 5.04. The molecule has 1 fully saturated rings. The number of aliphatic hydroxyl groups is 1. The average molecular weight is 221 g/mol. The second kappa shape index (κ2) is 4.17. The van der Waals surface area contributed by atoms with Crippen molar-refractivity contribution < 1.29 is 5.11 Å². The van der Waals surface area contributed by atoms with Gasteiger partial charge in [-0.25, -0.2) is 0 Å². The fourth-order valence-electron chi connectivity index (χ4n) is 2.87. The molecule has 0 saturated heterocycles. The number of rotatable bonds is 1. The van der Waals surface area contributed by atoms with Crippen LogP contribution in [0.5, 0.6) is 0 Å².